The molecule has 0 spiro atoms. The van der Waals surface area contributed by atoms with Crippen molar-refractivity contribution in [2.75, 3.05) is 33.7 Å². The van der Waals surface area contributed by atoms with E-state index in [0.29, 0.717) is 18.2 Å². The summed E-state index contributed by atoms with van der Waals surface area (Å²) >= 11 is 0. The van der Waals surface area contributed by atoms with E-state index in [9.17, 15) is 4.79 Å². The highest BCUT2D eigenvalue weighted by Gasteiger charge is 2.44. The monoisotopic (exact) mass is 315 g/mol. The SMILES string of the molecule is CN1CC[N+](C)(C2CCCCC2)C(CC(=O)c2ccccc2)C1. The number of carbonyl (C=O) groups is 1. The van der Waals surface area contributed by atoms with Gasteiger partial charge in [-0.15, -0.1) is 0 Å². The lowest BCUT2D eigenvalue weighted by Gasteiger charge is -2.52. The van der Waals surface area contributed by atoms with E-state index in [0.717, 1.165) is 29.2 Å². The topological polar surface area (TPSA) is 20.3 Å². The van der Waals surface area contributed by atoms with Crippen LogP contribution in [0.2, 0.25) is 0 Å². The molecule has 0 N–H and O–H groups in total. The number of hydrogen-bond donors (Lipinski definition) is 0. The molecule has 1 aliphatic carbocycles. The van der Waals surface area contributed by atoms with Gasteiger partial charge >= 0.3 is 0 Å². The second-order valence-corrected chi connectivity index (χ2v) is 7.77. The summed E-state index contributed by atoms with van der Waals surface area (Å²) in [7, 11) is 4.62. The van der Waals surface area contributed by atoms with Crippen molar-refractivity contribution >= 4 is 5.78 Å². The molecular formula is C20H31N2O+. The third kappa shape index (κ3) is 3.67. The third-order valence-electron chi connectivity index (χ3n) is 6.25. The number of rotatable bonds is 4. The molecule has 0 amide bonds. The number of nitrogens with zero attached hydrogens (tertiary/aromatic N) is 2. The Labute approximate surface area is 140 Å². The molecule has 1 heterocycles. The van der Waals surface area contributed by atoms with Gasteiger partial charge in [-0.2, -0.15) is 0 Å². The summed E-state index contributed by atoms with van der Waals surface area (Å²) in [4.78, 5) is 15.2. The highest BCUT2D eigenvalue weighted by molar-refractivity contribution is 5.96. The van der Waals surface area contributed by atoms with Gasteiger partial charge in [0.1, 0.15) is 6.04 Å². The van der Waals surface area contributed by atoms with Crippen LogP contribution in [0.3, 0.4) is 0 Å². The molecule has 0 radical (unpaired) electrons. The fourth-order valence-electron chi connectivity index (χ4n) is 4.59. The van der Waals surface area contributed by atoms with Crippen LogP contribution in [0.1, 0.15) is 48.9 Å². The molecule has 0 bridgehead atoms. The summed E-state index contributed by atoms with van der Waals surface area (Å²) in [6.45, 7) is 3.39. The first-order valence-corrected chi connectivity index (χ1v) is 9.21. The van der Waals surface area contributed by atoms with Crippen molar-refractivity contribution in [1.82, 2.24) is 4.90 Å². The molecule has 3 nitrogen and oxygen atoms in total. The van der Waals surface area contributed by atoms with Gasteiger partial charge in [-0.3, -0.25) is 9.69 Å². The minimum Gasteiger partial charge on any atom is -0.319 e. The molecular weight excluding hydrogens is 284 g/mol. The van der Waals surface area contributed by atoms with E-state index in [1.807, 2.05) is 30.3 Å². The van der Waals surface area contributed by atoms with Gasteiger partial charge in [-0.05, 0) is 32.7 Å². The van der Waals surface area contributed by atoms with Gasteiger partial charge in [-0.1, -0.05) is 36.8 Å². The van der Waals surface area contributed by atoms with Gasteiger partial charge in [0.15, 0.2) is 5.78 Å². The summed E-state index contributed by atoms with van der Waals surface area (Å²) in [5.41, 5.74) is 0.871. The average Bonchev–Trinajstić information content (AvgIpc) is 2.60. The molecule has 2 atom stereocenters. The predicted octanol–water partition coefficient (Wildman–Crippen LogP) is 3.35. The maximum Gasteiger partial charge on any atom is 0.168 e. The Morgan fingerprint density at radius 3 is 2.57 bits per heavy atom. The number of ketones is 1. The van der Waals surface area contributed by atoms with Gasteiger partial charge in [0.25, 0.3) is 0 Å². The third-order valence-corrected chi connectivity index (χ3v) is 6.25. The summed E-state index contributed by atoms with van der Waals surface area (Å²) in [5.74, 6) is 0.311. The maximum absolute atomic E-state index is 12.8. The molecule has 1 aliphatic heterocycles. The van der Waals surface area contributed by atoms with Crippen LogP contribution in [0.25, 0.3) is 0 Å². The van der Waals surface area contributed by atoms with Crippen molar-refractivity contribution in [2.45, 2.75) is 50.6 Å². The van der Waals surface area contributed by atoms with E-state index in [1.165, 1.54) is 38.6 Å². The number of benzene rings is 1. The molecule has 23 heavy (non-hydrogen) atoms. The van der Waals surface area contributed by atoms with Crippen LogP contribution in [0.15, 0.2) is 30.3 Å². The first-order valence-electron chi connectivity index (χ1n) is 9.21. The van der Waals surface area contributed by atoms with Crippen LogP contribution in [-0.4, -0.2) is 61.0 Å². The Kier molecular flexibility index (Phi) is 5.17. The summed E-state index contributed by atoms with van der Waals surface area (Å²) in [6.07, 6.45) is 7.50. The normalized spacial score (nSPS) is 30.3. The first-order chi connectivity index (χ1) is 11.1. The van der Waals surface area contributed by atoms with Crippen molar-refractivity contribution in [1.29, 1.82) is 0 Å². The molecule has 2 fully saturated rings. The number of Topliss-reactive ketones (excluding diaryl/α,β-unsaturated/α-hetero) is 1. The number of piperazine rings is 1. The minimum atomic E-state index is 0.311. The average molecular weight is 315 g/mol. The molecule has 2 unspecified atom stereocenters. The number of likely N-dealkylation sites (N-methyl/N-ethyl adjacent to an activating group) is 2. The lowest BCUT2D eigenvalue weighted by atomic mass is 9.88. The van der Waals surface area contributed by atoms with Crippen LogP contribution in [0.4, 0.5) is 0 Å². The molecule has 2 aliphatic rings. The molecule has 0 aromatic heterocycles. The van der Waals surface area contributed by atoms with Gasteiger partial charge < -0.3 is 4.48 Å². The quantitative estimate of drug-likeness (QED) is 0.627. The number of carbonyl (C=O) groups excluding carboxylic acids is 1. The van der Waals surface area contributed by atoms with E-state index in [2.05, 4.69) is 19.0 Å². The maximum atomic E-state index is 12.8. The van der Waals surface area contributed by atoms with Gasteiger partial charge in [0.05, 0.1) is 32.6 Å². The van der Waals surface area contributed by atoms with Crippen LogP contribution in [0.5, 0.6) is 0 Å². The van der Waals surface area contributed by atoms with E-state index < -0.39 is 0 Å². The Hall–Kier alpha value is -1.19. The van der Waals surface area contributed by atoms with E-state index >= 15 is 0 Å². The number of quaternary nitrogens is 1. The predicted molar refractivity (Wildman–Crippen MR) is 94.6 cm³/mol. The molecule has 1 aromatic carbocycles. The number of hydrogen-bond acceptors (Lipinski definition) is 2. The first kappa shape index (κ1) is 16.7. The zero-order valence-electron chi connectivity index (χ0n) is 14.7. The van der Waals surface area contributed by atoms with Crippen LogP contribution >= 0.6 is 0 Å². The van der Waals surface area contributed by atoms with E-state index in [4.69, 9.17) is 0 Å². The zero-order valence-corrected chi connectivity index (χ0v) is 14.7. The highest BCUT2D eigenvalue weighted by Crippen LogP contribution is 2.33. The second-order valence-electron chi connectivity index (χ2n) is 7.77. The fourth-order valence-corrected chi connectivity index (χ4v) is 4.59. The Morgan fingerprint density at radius 2 is 1.87 bits per heavy atom. The molecule has 1 aromatic rings. The fraction of sp³-hybridized carbons (Fsp3) is 0.650. The summed E-state index contributed by atoms with van der Waals surface area (Å²) < 4.78 is 1.11. The van der Waals surface area contributed by atoms with Gasteiger partial charge in [0.2, 0.25) is 0 Å². The van der Waals surface area contributed by atoms with Crippen molar-refractivity contribution < 1.29 is 9.28 Å². The van der Waals surface area contributed by atoms with Gasteiger partial charge in [-0.25, -0.2) is 0 Å². The molecule has 1 saturated carbocycles. The lowest BCUT2D eigenvalue weighted by Crippen LogP contribution is -2.67. The lowest BCUT2D eigenvalue weighted by molar-refractivity contribution is -0.960. The summed E-state index contributed by atoms with van der Waals surface area (Å²) in [5, 5.41) is 0. The standard InChI is InChI=1S/C20H31N2O/c1-21-13-14-22(2,18-11-7-4-8-12-18)19(16-21)15-20(23)17-9-5-3-6-10-17/h3,5-6,9-10,18-19H,4,7-8,11-16H2,1-2H3/q+1. The van der Waals surface area contributed by atoms with Crippen molar-refractivity contribution in [3.63, 3.8) is 0 Å². The van der Waals surface area contributed by atoms with Crippen LogP contribution < -0.4 is 0 Å². The molecule has 1 saturated heterocycles. The Balaban J connectivity index is 1.76. The minimum absolute atomic E-state index is 0.311. The van der Waals surface area contributed by atoms with E-state index in [1.54, 1.807) is 0 Å². The zero-order chi connectivity index (χ0) is 16.3. The van der Waals surface area contributed by atoms with Crippen molar-refractivity contribution in [3.8, 4) is 0 Å². The van der Waals surface area contributed by atoms with Crippen molar-refractivity contribution in [2.24, 2.45) is 0 Å². The van der Waals surface area contributed by atoms with Gasteiger partial charge in [0, 0.05) is 12.1 Å². The second kappa shape index (κ2) is 7.14. The highest BCUT2D eigenvalue weighted by atomic mass is 16.1. The molecule has 3 rings (SSSR count). The van der Waals surface area contributed by atoms with Crippen LogP contribution in [-0.2, 0) is 0 Å². The Bertz CT molecular complexity index is 524. The van der Waals surface area contributed by atoms with Crippen LogP contribution in [0, 0.1) is 0 Å². The summed E-state index contributed by atoms with van der Waals surface area (Å²) in [6, 6.07) is 11.0. The van der Waals surface area contributed by atoms with E-state index in [-0.39, 0.29) is 0 Å². The Morgan fingerprint density at radius 1 is 1.17 bits per heavy atom. The largest absolute Gasteiger partial charge is 0.319 e. The molecule has 3 heteroatoms. The molecule has 126 valence electrons. The van der Waals surface area contributed by atoms with Crippen molar-refractivity contribution in [3.05, 3.63) is 35.9 Å². The smallest absolute Gasteiger partial charge is 0.168 e.